The molecule has 2 nitrogen and oxygen atoms in total. The summed E-state index contributed by atoms with van der Waals surface area (Å²) in [6.45, 7) is 2.01. The van der Waals surface area contributed by atoms with Crippen LogP contribution in [0.1, 0.15) is 29.9 Å². The third kappa shape index (κ3) is 3.09. The van der Waals surface area contributed by atoms with E-state index in [1.54, 1.807) is 0 Å². The first-order chi connectivity index (χ1) is 10.6. The van der Waals surface area contributed by atoms with Gasteiger partial charge in [-0.2, -0.15) is 0 Å². The van der Waals surface area contributed by atoms with Crippen molar-refractivity contribution in [2.75, 3.05) is 0 Å². The highest BCUT2D eigenvalue weighted by Crippen LogP contribution is 2.40. The fraction of sp³-hybridized carbons (Fsp3) is 0.211. The summed E-state index contributed by atoms with van der Waals surface area (Å²) in [6.07, 6.45) is 0.992. The molecule has 1 N–H and O–H groups in total. The van der Waals surface area contributed by atoms with E-state index in [1.165, 1.54) is 11.8 Å². The number of ketones is 1. The Bertz CT molecular complexity index is 719. The topological polar surface area (TPSA) is 37.3 Å². The van der Waals surface area contributed by atoms with Crippen molar-refractivity contribution in [3.05, 3.63) is 76.4 Å². The van der Waals surface area contributed by atoms with Gasteiger partial charge in [-0.25, -0.2) is 0 Å². The Hall–Kier alpha value is -2.00. The summed E-state index contributed by atoms with van der Waals surface area (Å²) in [5.74, 6) is 0.333. The minimum atomic E-state index is 0.0332. The first-order valence-corrected chi connectivity index (χ1v) is 8.20. The van der Waals surface area contributed by atoms with Gasteiger partial charge in [-0.15, -0.1) is 0 Å². The molecule has 0 saturated carbocycles. The Morgan fingerprint density at radius 1 is 1.00 bits per heavy atom. The predicted octanol–water partition coefficient (Wildman–Crippen LogP) is 5.00. The zero-order valence-corrected chi connectivity index (χ0v) is 13.3. The number of carbonyl (C=O) groups is 1. The summed E-state index contributed by atoms with van der Waals surface area (Å²) in [5, 5.41) is 10.4. The first kappa shape index (κ1) is 14.9. The molecule has 0 amide bonds. The summed E-state index contributed by atoms with van der Waals surface area (Å²) in [6, 6.07) is 17.9. The second-order valence-corrected chi connectivity index (χ2v) is 6.63. The summed E-state index contributed by atoms with van der Waals surface area (Å²) >= 11 is 1.38. The van der Waals surface area contributed by atoms with E-state index in [4.69, 9.17) is 0 Å². The lowest BCUT2D eigenvalue weighted by atomic mass is 9.86. The molecule has 3 heteroatoms. The maximum Gasteiger partial charge on any atom is 0.173 e. The molecule has 2 aromatic rings. The van der Waals surface area contributed by atoms with E-state index >= 15 is 0 Å². The lowest BCUT2D eigenvalue weighted by Gasteiger charge is -2.23. The molecule has 2 aromatic carbocycles. The molecular weight excluding hydrogens is 292 g/mol. The molecule has 3 rings (SSSR count). The number of hydrogen-bond acceptors (Lipinski definition) is 3. The summed E-state index contributed by atoms with van der Waals surface area (Å²) in [5.41, 5.74) is 2.23. The van der Waals surface area contributed by atoms with Crippen molar-refractivity contribution in [3.8, 4) is 0 Å². The average Bonchev–Trinajstić information content (AvgIpc) is 2.53. The number of benzene rings is 2. The molecule has 0 radical (unpaired) electrons. The van der Waals surface area contributed by atoms with Crippen molar-refractivity contribution in [2.45, 2.75) is 30.6 Å². The molecule has 0 bridgehead atoms. The Labute approximate surface area is 134 Å². The predicted molar refractivity (Wildman–Crippen MR) is 90.1 cm³/mol. The zero-order valence-electron chi connectivity index (χ0n) is 12.5. The number of hydrogen-bond donors (Lipinski definition) is 1. The van der Waals surface area contributed by atoms with Gasteiger partial charge in [0.15, 0.2) is 5.78 Å². The number of allylic oxidation sites excluding steroid dienone is 2. The number of thioether (sulfide) groups is 1. The zero-order chi connectivity index (χ0) is 15.5. The number of carbonyl (C=O) groups excluding carboxylic acids is 1. The van der Waals surface area contributed by atoms with Crippen LogP contribution in [0.3, 0.4) is 0 Å². The van der Waals surface area contributed by atoms with Crippen LogP contribution in [-0.2, 0) is 4.79 Å². The van der Waals surface area contributed by atoms with Crippen molar-refractivity contribution < 1.29 is 9.90 Å². The van der Waals surface area contributed by atoms with E-state index in [0.29, 0.717) is 17.7 Å². The van der Waals surface area contributed by atoms with Gasteiger partial charge in [0.25, 0.3) is 0 Å². The number of aliphatic hydroxyl groups excluding tert-OH is 1. The molecule has 1 aliphatic carbocycles. The highest BCUT2D eigenvalue weighted by atomic mass is 32.2. The van der Waals surface area contributed by atoms with E-state index < -0.39 is 0 Å². The summed E-state index contributed by atoms with van der Waals surface area (Å²) < 4.78 is 0. The van der Waals surface area contributed by atoms with Crippen LogP contribution >= 0.6 is 11.8 Å². The van der Waals surface area contributed by atoms with Crippen molar-refractivity contribution in [3.63, 3.8) is 0 Å². The Morgan fingerprint density at radius 3 is 2.36 bits per heavy atom. The molecule has 112 valence electrons. The fourth-order valence-corrected chi connectivity index (χ4v) is 3.73. The number of aliphatic hydroxyl groups is 1. The molecule has 22 heavy (non-hydrogen) atoms. The minimum absolute atomic E-state index is 0.0332. The summed E-state index contributed by atoms with van der Waals surface area (Å²) in [4.78, 5) is 14.0. The van der Waals surface area contributed by atoms with Gasteiger partial charge in [-0.1, -0.05) is 60.3 Å². The fourth-order valence-electron chi connectivity index (χ4n) is 2.73. The van der Waals surface area contributed by atoms with Crippen LogP contribution in [0.25, 0.3) is 0 Å². The average molecular weight is 310 g/mol. The second kappa shape index (κ2) is 6.41. The van der Waals surface area contributed by atoms with Gasteiger partial charge < -0.3 is 5.11 Å². The highest BCUT2D eigenvalue weighted by molar-refractivity contribution is 8.04. The van der Waals surface area contributed by atoms with Crippen LogP contribution in [0, 0.1) is 6.92 Å². The third-order valence-electron chi connectivity index (χ3n) is 3.96. The van der Waals surface area contributed by atoms with Crippen LogP contribution in [0.2, 0.25) is 0 Å². The van der Waals surface area contributed by atoms with Crippen LogP contribution in [0.4, 0.5) is 0 Å². The van der Waals surface area contributed by atoms with Crippen LogP contribution in [0.15, 0.2) is 70.2 Å². The van der Waals surface area contributed by atoms with Crippen molar-refractivity contribution in [2.24, 2.45) is 0 Å². The molecule has 0 spiro atoms. The van der Waals surface area contributed by atoms with E-state index in [-0.39, 0.29) is 17.5 Å². The van der Waals surface area contributed by atoms with Gasteiger partial charge >= 0.3 is 0 Å². The van der Waals surface area contributed by atoms with Crippen LogP contribution in [-0.4, -0.2) is 10.9 Å². The van der Waals surface area contributed by atoms with E-state index in [9.17, 15) is 9.90 Å². The van der Waals surface area contributed by atoms with E-state index in [1.807, 2.05) is 61.5 Å². The lowest BCUT2D eigenvalue weighted by Crippen LogP contribution is -2.17. The smallest absolute Gasteiger partial charge is 0.173 e. The second-order valence-electron chi connectivity index (χ2n) is 5.58. The molecule has 0 aliphatic heterocycles. The Kier molecular flexibility index (Phi) is 4.34. The van der Waals surface area contributed by atoms with Crippen LogP contribution < -0.4 is 0 Å². The molecule has 0 heterocycles. The molecule has 1 atom stereocenters. The van der Waals surface area contributed by atoms with Gasteiger partial charge in [-0.05, 0) is 30.0 Å². The minimum Gasteiger partial charge on any atom is -0.511 e. The lowest BCUT2D eigenvalue weighted by molar-refractivity contribution is -0.115. The van der Waals surface area contributed by atoms with Gasteiger partial charge in [0.1, 0.15) is 5.76 Å². The molecular formula is C19H18O2S. The Morgan fingerprint density at radius 2 is 1.68 bits per heavy atom. The van der Waals surface area contributed by atoms with Gasteiger partial charge in [0.05, 0.1) is 4.91 Å². The normalized spacial score (nSPS) is 18.6. The van der Waals surface area contributed by atoms with Crippen molar-refractivity contribution >= 4 is 17.5 Å². The molecule has 1 aliphatic rings. The molecule has 0 fully saturated rings. The highest BCUT2D eigenvalue weighted by Gasteiger charge is 2.29. The maximum atomic E-state index is 12.5. The van der Waals surface area contributed by atoms with Gasteiger partial charge in [0, 0.05) is 17.7 Å². The number of Topliss-reactive ketones (excluding diaryl/α,β-unsaturated/α-hetero) is 1. The monoisotopic (exact) mass is 310 g/mol. The van der Waals surface area contributed by atoms with Gasteiger partial charge in [-0.3, -0.25) is 4.79 Å². The quantitative estimate of drug-likeness (QED) is 0.866. The van der Waals surface area contributed by atoms with E-state index in [2.05, 4.69) is 0 Å². The Balaban J connectivity index is 1.84. The summed E-state index contributed by atoms with van der Waals surface area (Å²) in [7, 11) is 0. The standard InChI is InChI=1S/C19H18O2S/c1-13-7-5-6-10-18(13)22-19-16(20)11-15(12-17(19)21)14-8-3-2-4-9-14/h2-10,15,20H,11-12H2,1H3. The van der Waals surface area contributed by atoms with Crippen molar-refractivity contribution in [1.29, 1.82) is 0 Å². The van der Waals surface area contributed by atoms with Crippen molar-refractivity contribution in [1.82, 2.24) is 0 Å². The third-order valence-corrected chi connectivity index (χ3v) is 5.31. The number of aryl methyl sites for hydroxylation is 1. The number of rotatable bonds is 3. The van der Waals surface area contributed by atoms with Gasteiger partial charge in [0.2, 0.25) is 0 Å². The molecule has 1 unspecified atom stereocenters. The molecule has 0 saturated heterocycles. The molecule has 0 aromatic heterocycles. The first-order valence-electron chi connectivity index (χ1n) is 7.39. The SMILES string of the molecule is Cc1ccccc1SC1=C(O)CC(c2ccccc2)CC1=O. The maximum absolute atomic E-state index is 12.5. The largest absolute Gasteiger partial charge is 0.511 e. The van der Waals surface area contributed by atoms with Crippen LogP contribution in [0.5, 0.6) is 0 Å². The van der Waals surface area contributed by atoms with E-state index in [0.717, 1.165) is 16.0 Å².